The van der Waals surface area contributed by atoms with Crippen LogP contribution < -0.4 is 4.90 Å². The van der Waals surface area contributed by atoms with Crippen LogP contribution in [-0.4, -0.2) is 25.8 Å². The lowest BCUT2D eigenvalue weighted by Gasteiger charge is -2.26. The lowest BCUT2D eigenvalue weighted by atomic mass is 9.92. The van der Waals surface area contributed by atoms with Gasteiger partial charge in [0.05, 0.1) is 39.7 Å². The third-order valence-corrected chi connectivity index (χ3v) is 13.4. The highest BCUT2D eigenvalue weighted by Crippen LogP contribution is 2.47. The summed E-state index contributed by atoms with van der Waals surface area (Å²) in [7, 11) is 0. The van der Waals surface area contributed by atoms with Crippen LogP contribution in [0, 0.1) is 0 Å². The molecule has 0 saturated carbocycles. The van der Waals surface area contributed by atoms with Gasteiger partial charge < -0.3 is 9.97 Å². The minimum absolute atomic E-state index is 0.0584. The van der Waals surface area contributed by atoms with E-state index >= 15 is 0 Å². The number of hydrogen-bond acceptors (Lipinski definition) is 3. The molecule has 8 bridgehead atoms. The summed E-state index contributed by atoms with van der Waals surface area (Å²) in [6, 6.07) is 26.5. The number of rotatable bonds is 10. The first-order chi connectivity index (χ1) is 29.2. The smallest absolute Gasteiger partial charge is 0.228 e. The molecule has 7 aromatic rings. The van der Waals surface area contributed by atoms with E-state index in [2.05, 4.69) is 138 Å². The first-order valence-corrected chi connectivity index (χ1v) is 22.5. The van der Waals surface area contributed by atoms with Crippen LogP contribution in [0.5, 0.6) is 0 Å². The highest BCUT2D eigenvalue weighted by atomic mass is 16.2. The Balaban J connectivity index is 1.52. The molecule has 0 fully saturated rings. The molecule has 1 amide bonds. The standard InChI is InChI=1S/C54H57N5O/c1-10-34-36(12-3)45-28-47-38(14-5)40(16-7)52(57-47)54(59(30(9)60)49-26-24-33-22-21-31-19-18-20-32-23-25-42(49)51(33)50(31)32)53-41(17-8)39(15-6)48(58-53)29-46-37(13-4)35(11-2)44(56-46)27-43(34)55-45/h18-29,55,58H,10-17H2,1-9H3. The number of allylic oxidation sites excluding steroid dienone is 4. The van der Waals surface area contributed by atoms with Crippen molar-refractivity contribution in [2.75, 3.05) is 4.90 Å². The van der Waals surface area contributed by atoms with Gasteiger partial charge in [-0.25, -0.2) is 9.97 Å². The van der Waals surface area contributed by atoms with Crippen molar-refractivity contribution < 1.29 is 4.79 Å². The Kier molecular flexibility index (Phi) is 10.2. The molecule has 3 aromatic heterocycles. The molecular formula is C54H57N5O. The number of aromatic nitrogens is 4. The van der Waals surface area contributed by atoms with E-state index in [9.17, 15) is 4.79 Å². The molecule has 4 aromatic carbocycles. The average molecular weight is 792 g/mol. The fraction of sp³-hybridized carbons (Fsp3) is 0.315. The maximum atomic E-state index is 14.8. The van der Waals surface area contributed by atoms with Gasteiger partial charge in [-0.1, -0.05) is 104 Å². The van der Waals surface area contributed by atoms with Crippen LogP contribution >= 0.6 is 0 Å². The lowest BCUT2D eigenvalue weighted by Crippen LogP contribution is -2.24. The molecule has 0 aliphatic carbocycles. The molecule has 2 aliphatic heterocycles. The Bertz CT molecular complexity index is 3100. The number of fused-ring (bicyclic) bond motifs is 8. The summed E-state index contributed by atoms with van der Waals surface area (Å²) in [5.74, 6) is -0.0584. The van der Waals surface area contributed by atoms with Crippen LogP contribution in [0.3, 0.4) is 0 Å². The minimum Gasteiger partial charge on any atom is -0.355 e. The van der Waals surface area contributed by atoms with Crippen molar-refractivity contribution in [1.82, 2.24) is 19.9 Å². The predicted molar refractivity (Wildman–Crippen MR) is 256 cm³/mol. The monoisotopic (exact) mass is 791 g/mol. The number of nitrogens with zero attached hydrogens (tertiary/aromatic N) is 3. The number of amides is 1. The van der Waals surface area contributed by atoms with E-state index in [0.717, 1.165) is 118 Å². The van der Waals surface area contributed by atoms with E-state index in [1.54, 1.807) is 6.92 Å². The van der Waals surface area contributed by atoms with Crippen molar-refractivity contribution in [3.63, 3.8) is 0 Å². The molecule has 5 heterocycles. The van der Waals surface area contributed by atoms with E-state index in [-0.39, 0.29) is 5.91 Å². The van der Waals surface area contributed by atoms with E-state index < -0.39 is 0 Å². The van der Waals surface area contributed by atoms with Gasteiger partial charge in [0.1, 0.15) is 0 Å². The molecule has 60 heavy (non-hydrogen) atoms. The third-order valence-electron chi connectivity index (χ3n) is 13.4. The van der Waals surface area contributed by atoms with Crippen molar-refractivity contribution >= 4 is 94.0 Å². The van der Waals surface area contributed by atoms with Crippen LogP contribution in [0.25, 0.3) is 76.7 Å². The highest BCUT2D eigenvalue weighted by Gasteiger charge is 2.31. The number of aromatic amines is 2. The Morgan fingerprint density at radius 3 is 1.52 bits per heavy atom. The Morgan fingerprint density at radius 2 is 0.983 bits per heavy atom. The Labute approximate surface area is 353 Å². The number of aryl methyl sites for hydroxylation is 4. The van der Waals surface area contributed by atoms with E-state index in [0.29, 0.717) is 0 Å². The third kappa shape index (κ3) is 5.93. The van der Waals surface area contributed by atoms with Crippen LogP contribution in [0.2, 0.25) is 0 Å². The normalized spacial score (nSPS) is 13.2. The maximum absolute atomic E-state index is 14.8. The summed E-state index contributed by atoms with van der Waals surface area (Å²) in [5.41, 5.74) is 19.9. The van der Waals surface area contributed by atoms with Gasteiger partial charge in [-0.2, -0.15) is 0 Å². The van der Waals surface area contributed by atoms with Gasteiger partial charge in [0.25, 0.3) is 0 Å². The number of nitrogens with one attached hydrogen (secondary N) is 2. The van der Waals surface area contributed by atoms with Crippen LogP contribution in [0.15, 0.2) is 72.8 Å². The van der Waals surface area contributed by atoms with Crippen molar-refractivity contribution in [3.8, 4) is 0 Å². The molecule has 9 rings (SSSR count). The second kappa shape index (κ2) is 15.5. The van der Waals surface area contributed by atoms with Gasteiger partial charge >= 0.3 is 0 Å². The zero-order valence-electron chi connectivity index (χ0n) is 36.8. The number of carbonyl (C=O) groups is 1. The van der Waals surface area contributed by atoms with Crippen LogP contribution in [0.4, 0.5) is 11.4 Å². The molecule has 0 spiro atoms. The average Bonchev–Trinajstić information content (AvgIpc) is 4.00. The van der Waals surface area contributed by atoms with Gasteiger partial charge in [0, 0.05) is 28.9 Å². The molecular weight excluding hydrogens is 735 g/mol. The molecule has 304 valence electrons. The zero-order chi connectivity index (χ0) is 42.0. The summed E-state index contributed by atoms with van der Waals surface area (Å²) in [6.07, 6.45) is 6.82. The van der Waals surface area contributed by atoms with Crippen molar-refractivity contribution in [1.29, 1.82) is 0 Å². The number of hydrogen-bond donors (Lipinski definition) is 2. The van der Waals surface area contributed by atoms with Crippen LogP contribution in [-0.2, 0) is 30.5 Å². The molecule has 0 saturated heterocycles. The number of benzene rings is 4. The molecule has 6 nitrogen and oxygen atoms in total. The molecule has 0 unspecified atom stereocenters. The fourth-order valence-electron chi connectivity index (χ4n) is 10.7. The van der Waals surface area contributed by atoms with Gasteiger partial charge in [-0.3, -0.25) is 9.69 Å². The second-order valence-corrected chi connectivity index (χ2v) is 16.3. The molecule has 6 heteroatoms. The summed E-state index contributed by atoms with van der Waals surface area (Å²) in [5, 5.41) is 7.01. The summed E-state index contributed by atoms with van der Waals surface area (Å²) in [6.45, 7) is 19.7. The Hall–Kier alpha value is -6.01. The van der Waals surface area contributed by atoms with Gasteiger partial charge in [-0.15, -0.1) is 0 Å². The fourth-order valence-corrected chi connectivity index (χ4v) is 10.7. The second-order valence-electron chi connectivity index (χ2n) is 16.3. The molecule has 2 aliphatic rings. The lowest BCUT2D eigenvalue weighted by molar-refractivity contribution is -0.115. The maximum Gasteiger partial charge on any atom is 0.228 e. The highest BCUT2D eigenvalue weighted by molar-refractivity contribution is 6.27. The van der Waals surface area contributed by atoms with Gasteiger partial charge in [-0.05, 0) is 147 Å². The zero-order valence-corrected chi connectivity index (χ0v) is 36.8. The number of anilines is 2. The summed E-state index contributed by atoms with van der Waals surface area (Å²) >= 11 is 0. The van der Waals surface area contributed by atoms with E-state index in [4.69, 9.17) is 9.97 Å². The quantitative estimate of drug-likeness (QED) is 0.135. The van der Waals surface area contributed by atoms with Crippen molar-refractivity contribution in [2.45, 2.75) is 114 Å². The number of carbonyl (C=O) groups excluding carboxylic acids is 1. The SMILES string of the molecule is CCC1=C(CC)c2cc3[nH]c(c(CC)c3CC)c(N(C(C)=O)c3ccc4ccc5cccc6ccc3c4c56)c3nc(cc4[nH]c(cc1n2)c(CC)c4CC)C(CC)=C3CC. The first-order valence-electron chi connectivity index (χ1n) is 22.5. The summed E-state index contributed by atoms with van der Waals surface area (Å²) < 4.78 is 0. The topological polar surface area (TPSA) is 77.7 Å². The molecule has 2 N–H and O–H groups in total. The number of H-pyrrole nitrogens is 2. The predicted octanol–water partition coefficient (Wildman–Crippen LogP) is 14.6. The van der Waals surface area contributed by atoms with Crippen LogP contribution in [0.1, 0.15) is 133 Å². The van der Waals surface area contributed by atoms with Crippen molar-refractivity contribution in [2.24, 2.45) is 0 Å². The first kappa shape index (κ1) is 39.5. The summed E-state index contributed by atoms with van der Waals surface area (Å²) in [4.78, 5) is 35.8. The minimum atomic E-state index is -0.0584. The van der Waals surface area contributed by atoms with Gasteiger partial charge in [0.2, 0.25) is 5.91 Å². The van der Waals surface area contributed by atoms with E-state index in [1.165, 1.54) is 66.1 Å². The molecule has 0 radical (unpaired) electrons. The molecule has 0 atom stereocenters. The van der Waals surface area contributed by atoms with E-state index in [1.807, 2.05) is 4.90 Å². The van der Waals surface area contributed by atoms with Crippen molar-refractivity contribution in [3.05, 3.63) is 118 Å². The Morgan fingerprint density at radius 1 is 0.517 bits per heavy atom. The van der Waals surface area contributed by atoms with Gasteiger partial charge in [0.15, 0.2) is 0 Å². The largest absolute Gasteiger partial charge is 0.355 e.